The molecule has 96 valence electrons. The van der Waals surface area contributed by atoms with Crippen molar-refractivity contribution < 1.29 is 4.92 Å². The summed E-state index contributed by atoms with van der Waals surface area (Å²) in [7, 11) is 1.83. The summed E-state index contributed by atoms with van der Waals surface area (Å²) in [5.41, 5.74) is 0.0900. The maximum Gasteiger partial charge on any atom is 0.270 e. The number of benzene rings is 1. The van der Waals surface area contributed by atoms with Gasteiger partial charge in [0.15, 0.2) is 10.6 Å². The minimum Gasteiger partial charge on any atom is -0.303 e. The highest BCUT2D eigenvalue weighted by Crippen LogP contribution is 2.34. The molecule has 2 heterocycles. The van der Waals surface area contributed by atoms with E-state index >= 15 is 0 Å². The van der Waals surface area contributed by atoms with Gasteiger partial charge in [0.25, 0.3) is 5.69 Å². The van der Waals surface area contributed by atoms with Gasteiger partial charge in [-0.25, -0.2) is 0 Å². The van der Waals surface area contributed by atoms with E-state index in [-0.39, 0.29) is 5.69 Å². The van der Waals surface area contributed by atoms with Gasteiger partial charge in [-0.05, 0) is 24.4 Å². The second-order valence-corrected chi connectivity index (χ2v) is 5.47. The van der Waals surface area contributed by atoms with E-state index in [1.54, 1.807) is 16.7 Å². The fourth-order valence-electron chi connectivity index (χ4n) is 1.82. The fourth-order valence-corrected chi connectivity index (χ4v) is 3.02. The Bertz CT molecular complexity index is 846. The fraction of sp³-hybridized carbons (Fsp3) is 0.0909. The number of H-pyrrole nitrogens is 1. The number of hydrogen-bond donors (Lipinski definition) is 1. The first-order valence-electron chi connectivity index (χ1n) is 5.36. The van der Waals surface area contributed by atoms with Crippen LogP contribution in [0.4, 0.5) is 5.69 Å². The highest BCUT2D eigenvalue weighted by Gasteiger charge is 2.12. The molecule has 0 unspecified atom stereocenters. The van der Waals surface area contributed by atoms with Crippen molar-refractivity contribution in [2.75, 3.05) is 0 Å². The van der Waals surface area contributed by atoms with Crippen molar-refractivity contribution in [2.24, 2.45) is 7.05 Å². The summed E-state index contributed by atoms with van der Waals surface area (Å²) in [4.78, 5) is 11.3. The van der Waals surface area contributed by atoms with Crippen molar-refractivity contribution in [1.82, 2.24) is 14.8 Å². The van der Waals surface area contributed by atoms with E-state index in [1.165, 1.54) is 17.4 Å². The van der Waals surface area contributed by atoms with Crippen molar-refractivity contribution in [3.8, 4) is 10.7 Å². The van der Waals surface area contributed by atoms with Crippen molar-refractivity contribution in [3.63, 3.8) is 0 Å². The van der Waals surface area contributed by atoms with Crippen LogP contribution in [-0.4, -0.2) is 19.7 Å². The molecule has 3 aromatic rings. The number of aromatic nitrogens is 3. The van der Waals surface area contributed by atoms with Crippen LogP contribution >= 0.6 is 23.6 Å². The number of fused-ring (bicyclic) bond motifs is 1. The first-order valence-corrected chi connectivity index (χ1v) is 6.58. The summed E-state index contributed by atoms with van der Waals surface area (Å²) in [5.74, 6) is 0.730. The van der Waals surface area contributed by atoms with E-state index in [4.69, 9.17) is 12.2 Å². The molecule has 0 spiro atoms. The molecule has 0 atom stereocenters. The van der Waals surface area contributed by atoms with Gasteiger partial charge in [0.05, 0.1) is 9.80 Å². The molecule has 0 amide bonds. The van der Waals surface area contributed by atoms with Crippen LogP contribution in [0.15, 0.2) is 24.3 Å². The summed E-state index contributed by atoms with van der Waals surface area (Å²) in [6.45, 7) is 0. The van der Waals surface area contributed by atoms with Crippen LogP contribution in [0, 0.1) is 14.9 Å². The lowest BCUT2D eigenvalue weighted by Crippen LogP contribution is -1.89. The van der Waals surface area contributed by atoms with E-state index in [0.717, 1.165) is 20.8 Å². The van der Waals surface area contributed by atoms with E-state index in [1.807, 2.05) is 13.1 Å². The largest absolute Gasteiger partial charge is 0.303 e. The molecular formula is C11H8N4O2S2. The van der Waals surface area contributed by atoms with Crippen molar-refractivity contribution in [2.45, 2.75) is 0 Å². The molecule has 2 aromatic heterocycles. The summed E-state index contributed by atoms with van der Waals surface area (Å²) in [5, 5.41) is 18.5. The normalized spacial score (nSPS) is 11.0. The Hall–Kier alpha value is -2.06. The minimum atomic E-state index is -0.396. The van der Waals surface area contributed by atoms with E-state index < -0.39 is 4.92 Å². The molecule has 0 aliphatic heterocycles. The molecule has 0 saturated heterocycles. The average molecular weight is 292 g/mol. The summed E-state index contributed by atoms with van der Waals surface area (Å²) in [6.07, 6.45) is 0. The van der Waals surface area contributed by atoms with Crippen molar-refractivity contribution in [1.29, 1.82) is 0 Å². The number of non-ortho nitro benzene ring substituents is 1. The Balaban J connectivity index is 2.19. The first kappa shape index (κ1) is 12.0. The molecule has 0 saturated carbocycles. The van der Waals surface area contributed by atoms with Crippen LogP contribution in [0.2, 0.25) is 0 Å². The number of nitrogens with one attached hydrogen (secondary N) is 1. The summed E-state index contributed by atoms with van der Waals surface area (Å²) in [6, 6.07) is 6.71. The third kappa shape index (κ3) is 1.94. The van der Waals surface area contributed by atoms with E-state index in [9.17, 15) is 10.1 Å². The van der Waals surface area contributed by atoms with Gasteiger partial charge in [-0.15, -0.1) is 11.3 Å². The standard InChI is InChI=1S/C11H8N4O2S2/c1-14-10(12-13-11(14)18)9-5-6-4-7(15(16)17)2-3-8(6)19-9/h2-5H,1H3,(H,13,18). The number of aromatic amines is 1. The van der Waals surface area contributed by atoms with Crippen LogP contribution in [0.5, 0.6) is 0 Å². The molecule has 19 heavy (non-hydrogen) atoms. The maximum absolute atomic E-state index is 10.8. The van der Waals surface area contributed by atoms with Crippen LogP contribution in [-0.2, 0) is 7.05 Å². The van der Waals surface area contributed by atoms with E-state index in [2.05, 4.69) is 10.2 Å². The Labute approximate surface area is 116 Å². The third-order valence-corrected chi connectivity index (χ3v) is 4.29. The topological polar surface area (TPSA) is 76.8 Å². The number of nitrogens with zero attached hydrogens (tertiary/aromatic N) is 3. The zero-order valence-corrected chi connectivity index (χ0v) is 11.4. The SMILES string of the molecule is Cn1c(-c2cc3cc([N+](=O)[O-])ccc3s2)n[nH]c1=S. The Morgan fingerprint density at radius 1 is 1.47 bits per heavy atom. The Morgan fingerprint density at radius 2 is 2.26 bits per heavy atom. The van der Waals surface area contributed by atoms with Crippen molar-refractivity contribution in [3.05, 3.63) is 39.2 Å². The molecule has 6 nitrogen and oxygen atoms in total. The molecule has 3 rings (SSSR count). The van der Waals surface area contributed by atoms with Crippen LogP contribution in [0.25, 0.3) is 20.8 Å². The molecule has 0 radical (unpaired) electrons. The smallest absolute Gasteiger partial charge is 0.270 e. The summed E-state index contributed by atoms with van der Waals surface area (Å²) >= 11 is 6.60. The predicted molar refractivity (Wildman–Crippen MR) is 75.9 cm³/mol. The molecular weight excluding hydrogens is 284 g/mol. The summed E-state index contributed by atoms with van der Waals surface area (Å²) < 4.78 is 3.29. The average Bonchev–Trinajstić information content (AvgIpc) is 2.93. The monoisotopic (exact) mass is 292 g/mol. The second kappa shape index (κ2) is 4.25. The predicted octanol–water partition coefficient (Wildman–Crippen LogP) is 3.27. The second-order valence-electron chi connectivity index (χ2n) is 4.00. The molecule has 8 heteroatoms. The van der Waals surface area contributed by atoms with Gasteiger partial charge in [-0.2, -0.15) is 5.10 Å². The van der Waals surface area contributed by atoms with Gasteiger partial charge in [0.1, 0.15) is 0 Å². The molecule has 1 N–H and O–H groups in total. The zero-order chi connectivity index (χ0) is 13.6. The number of nitro benzene ring substituents is 1. The van der Waals surface area contributed by atoms with Gasteiger partial charge in [0.2, 0.25) is 0 Å². The molecule has 0 bridgehead atoms. The van der Waals surface area contributed by atoms with Crippen LogP contribution < -0.4 is 0 Å². The quantitative estimate of drug-likeness (QED) is 0.447. The Morgan fingerprint density at radius 3 is 2.89 bits per heavy atom. The maximum atomic E-state index is 10.8. The number of thiophene rings is 1. The molecule has 0 aliphatic carbocycles. The number of hydrogen-bond acceptors (Lipinski definition) is 5. The highest BCUT2D eigenvalue weighted by molar-refractivity contribution is 7.71. The van der Waals surface area contributed by atoms with Gasteiger partial charge in [0, 0.05) is 29.3 Å². The minimum absolute atomic E-state index is 0.0900. The van der Waals surface area contributed by atoms with Gasteiger partial charge in [-0.1, -0.05) is 0 Å². The third-order valence-electron chi connectivity index (χ3n) is 2.81. The van der Waals surface area contributed by atoms with Crippen LogP contribution in [0.3, 0.4) is 0 Å². The molecule has 0 aliphatic rings. The highest BCUT2D eigenvalue weighted by atomic mass is 32.1. The lowest BCUT2D eigenvalue weighted by atomic mass is 10.2. The Kier molecular flexibility index (Phi) is 2.68. The van der Waals surface area contributed by atoms with Gasteiger partial charge >= 0.3 is 0 Å². The molecule has 0 fully saturated rings. The van der Waals surface area contributed by atoms with Crippen LogP contribution in [0.1, 0.15) is 0 Å². The first-order chi connectivity index (χ1) is 9.06. The van der Waals surface area contributed by atoms with Gasteiger partial charge in [-0.3, -0.25) is 15.2 Å². The number of nitro groups is 1. The zero-order valence-electron chi connectivity index (χ0n) is 9.78. The van der Waals surface area contributed by atoms with E-state index in [0.29, 0.717) is 4.77 Å². The van der Waals surface area contributed by atoms with Gasteiger partial charge < -0.3 is 4.57 Å². The van der Waals surface area contributed by atoms with Crippen molar-refractivity contribution >= 4 is 39.3 Å². The lowest BCUT2D eigenvalue weighted by molar-refractivity contribution is -0.384. The number of rotatable bonds is 2. The lowest BCUT2D eigenvalue weighted by Gasteiger charge is -1.94. The molecule has 1 aromatic carbocycles.